The third-order valence-corrected chi connectivity index (χ3v) is 3.25. The zero-order valence-corrected chi connectivity index (χ0v) is 14.0. The van der Waals surface area contributed by atoms with Gasteiger partial charge in [0.15, 0.2) is 10.9 Å². The Balaban J connectivity index is 1.81. The highest BCUT2D eigenvalue weighted by molar-refractivity contribution is 7.80. The van der Waals surface area contributed by atoms with Gasteiger partial charge in [-0.2, -0.15) is 0 Å². The molecule has 0 atom stereocenters. The molecular weight excluding hydrogens is 312 g/mol. The van der Waals surface area contributed by atoms with Gasteiger partial charge < -0.3 is 14.5 Å². The van der Waals surface area contributed by atoms with Gasteiger partial charge in [0.2, 0.25) is 0 Å². The first-order valence-corrected chi connectivity index (χ1v) is 7.84. The van der Waals surface area contributed by atoms with Gasteiger partial charge in [-0.3, -0.25) is 10.1 Å². The van der Waals surface area contributed by atoms with E-state index in [1.807, 2.05) is 24.3 Å². The lowest BCUT2D eigenvalue weighted by molar-refractivity contribution is 0.0950. The van der Waals surface area contributed by atoms with Gasteiger partial charge in [-0.15, -0.1) is 0 Å². The fourth-order valence-electron chi connectivity index (χ4n) is 1.78. The van der Waals surface area contributed by atoms with Gasteiger partial charge in [0.25, 0.3) is 5.91 Å². The molecule has 0 aliphatic heterocycles. The number of amides is 1. The summed E-state index contributed by atoms with van der Waals surface area (Å²) in [5.74, 6) is 1.25. The number of rotatable bonds is 6. The Bertz CT molecular complexity index is 636. The Labute approximate surface area is 141 Å². The summed E-state index contributed by atoms with van der Waals surface area (Å²) in [5, 5.41) is 5.70. The number of hydrogen-bond acceptors (Lipinski definition) is 4. The molecular formula is C17H20N2O3S. The highest BCUT2D eigenvalue weighted by atomic mass is 32.1. The minimum absolute atomic E-state index is 0.208. The second kappa shape index (κ2) is 8.33. The third-order valence-electron chi connectivity index (χ3n) is 3.05. The SMILES string of the molecule is CC(C)CCOc1ccc(NC(=S)NC(=O)c2ccco2)cc1. The lowest BCUT2D eigenvalue weighted by Gasteiger charge is -2.11. The van der Waals surface area contributed by atoms with Crippen molar-refractivity contribution in [3.8, 4) is 5.75 Å². The summed E-state index contributed by atoms with van der Waals surface area (Å²) in [6.07, 6.45) is 2.45. The predicted octanol–water partition coefficient (Wildman–Crippen LogP) is 3.83. The number of carbonyl (C=O) groups excluding carboxylic acids is 1. The standard InChI is InChI=1S/C17H20N2O3S/c1-12(2)9-11-21-14-7-5-13(6-8-14)18-17(23)19-16(20)15-4-3-10-22-15/h3-8,10,12H,9,11H2,1-2H3,(H2,18,19,20,23). The maximum atomic E-state index is 11.8. The summed E-state index contributed by atoms with van der Waals surface area (Å²) in [5.41, 5.74) is 0.769. The zero-order valence-electron chi connectivity index (χ0n) is 13.2. The van der Waals surface area contributed by atoms with Gasteiger partial charge in [-0.05, 0) is 61.0 Å². The lowest BCUT2D eigenvalue weighted by Crippen LogP contribution is -2.33. The molecule has 122 valence electrons. The van der Waals surface area contributed by atoms with E-state index in [0.717, 1.165) is 17.9 Å². The van der Waals surface area contributed by atoms with Crippen molar-refractivity contribution in [2.24, 2.45) is 5.92 Å². The van der Waals surface area contributed by atoms with Crippen LogP contribution in [0.15, 0.2) is 47.1 Å². The van der Waals surface area contributed by atoms with Crippen LogP contribution in [0.4, 0.5) is 5.69 Å². The molecule has 2 rings (SSSR count). The molecule has 0 spiro atoms. The smallest absolute Gasteiger partial charge is 0.293 e. The number of ether oxygens (including phenoxy) is 1. The zero-order chi connectivity index (χ0) is 16.7. The molecule has 0 radical (unpaired) electrons. The minimum Gasteiger partial charge on any atom is -0.494 e. The van der Waals surface area contributed by atoms with Crippen molar-refractivity contribution in [1.82, 2.24) is 5.32 Å². The number of benzene rings is 1. The van der Waals surface area contributed by atoms with Crippen LogP contribution in [0.5, 0.6) is 5.75 Å². The molecule has 23 heavy (non-hydrogen) atoms. The van der Waals surface area contributed by atoms with E-state index in [0.29, 0.717) is 12.5 Å². The van der Waals surface area contributed by atoms with Gasteiger partial charge in [-0.25, -0.2) is 0 Å². The van der Waals surface area contributed by atoms with E-state index in [2.05, 4.69) is 24.5 Å². The summed E-state index contributed by atoms with van der Waals surface area (Å²) >= 11 is 5.10. The summed E-state index contributed by atoms with van der Waals surface area (Å²) in [6.45, 7) is 5.02. The van der Waals surface area contributed by atoms with Crippen LogP contribution in [0.2, 0.25) is 0 Å². The van der Waals surface area contributed by atoms with Crippen LogP contribution in [0, 0.1) is 5.92 Å². The van der Waals surface area contributed by atoms with Crippen molar-refractivity contribution in [2.75, 3.05) is 11.9 Å². The Kier molecular flexibility index (Phi) is 6.17. The van der Waals surface area contributed by atoms with Crippen molar-refractivity contribution in [3.63, 3.8) is 0 Å². The van der Waals surface area contributed by atoms with E-state index >= 15 is 0 Å². The van der Waals surface area contributed by atoms with Gasteiger partial charge >= 0.3 is 0 Å². The van der Waals surface area contributed by atoms with Crippen molar-refractivity contribution >= 4 is 28.9 Å². The second-order valence-corrected chi connectivity index (χ2v) is 5.85. The largest absolute Gasteiger partial charge is 0.494 e. The summed E-state index contributed by atoms with van der Waals surface area (Å²) in [6, 6.07) is 10.6. The molecule has 0 saturated carbocycles. The first-order valence-electron chi connectivity index (χ1n) is 7.43. The maximum Gasteiger partial charge on any atom is 0.293 e. The fraction of sp³-hybridized carbons (Fsp3) is 0.294. The van der Waals surface area contributed by atoms with Crippen LogP contribution in [0.25, 0.3) is 0 Å². The Morgan fingerprint density at radius 1 is 1.26 bits per heavy atom. The Hall–Kier alpha value is -2.34. The summed E-state index contributed by atoms with van der Waals surface area (Å²) < 4.78 is 10.6. The third kappa shape index (κ3) is 5.75. The van der Waals surface area contributed by atoms with E-state index in [9.17, 15) is 4.79 Å². The molecule has 0 bridgehead atoms. The number of carbonyl (C=O) groups is 1. The van der Waals surface area contributed by atoms with E-state index in [4.69, 9.17) is 21.4 Å². The maximum absolute atomic E-state index is 11.8. The lowest BCUT2D eigenvalue weighted by atomic mass is 10.1. The molecule has 2 N–H and O–H groups in total. The number of furan rings is 1. The van der Waals surface area contributed by atoms with Gasteiger partial charge in [0, 0.05) is 5.69 Å². The molecule has 0 fully saturated rings. The monoisotopic (exact) mass is 332 g/mol. The molecule has 1 heterocycles. The first-order chi connectivity index (χ1) is 11.0. The predicted molar refractivity (Wildman–Crippen MR) is 93.8 cm³/mol. The second-order valence-electron chi connectivity index (χ2n) is 5.44. The fourth-order valence-corrected chi connectivity index (χ4v) is 1.99. The molecule has 0 unspecified atom stereocenters. The van der Waals surface area contributed by atoms with E-state index in [-0.39, 0.29) is 16.8 Å². The first kappa shape index (κ1) is 17.0. The van der Waals surface area contributed by atoms with Crippen LogP contribution >= 0.6 is 12.2 Å². The molecule has 6 heteroatoms. The Morgan fingerprint density at radius 2 is 2.00 bits per heavy atom. The van der Waals surface area contributed by atoms with E-state index in [1.165, 1.54) is 6.26 Å². The molecule has 0 aliphatic rings. The molecule has 0 aliphatic carbocycles. The van der Waals surface area contributed by atoms with Gasteiger partial charge in [0.05, 0.1) is 12.9 Å². The molecule has 1 aromatic heterocycles. The average Bonchev–Trinajstić information content (AvgIpc) is 3.03. The van der Waals surface area contributed by atoms with E-state index in [1.54, 1.807) is 12.1 Å². The number of thiocarbonyl (C=S) groups is 1. The molecule has 1 amide bonds. The number of anilines is 1. The highest BCUT2D eigenvalue weighted by Gasteiger charge is 2.10. The molecule has 5 nitrogen and oxygen atoms in total. The van der Waals surface area contributed by atoms with Crippen LogP contribution < -0.4 is 15.4 Å². The van der Waals surface area contributed by atoms with Gasteiger partial charge in [-0.1, -0.05) is 13.8 Å². The normalized spacial score (nSPS) is 10.4. The van der Waals surface area contributed by atoms with Crippen molar-refractivity contribution in [3.05, 3.63) is 48.4 Å². The van der Waals surface area contributed by atoms with Gasteiger partial charge in [0.1, 0.15) is 5.75 Å². The topological polar surface area (TPSA) is 63.5 Å². The van der Waals surface area contributed by atoms with Crippen molar-refractivity contribution < 1.29 is 13.9 Å². The molecule has 2 aromatic rings. The van der Waals surface area contributed by atoms with Crippen LogP contribution in [0.3, 0.4) is 0 Å². The minimum atomic E-state index is -0.388. The van der Waals surface area contributed by atoms with Crippen molar-refractivity contribution in [1.29, 1.82) is 0 Å². The average molecular weight is 332 g/mol. The van der Waals surface area contributed by atoms with Crippen molar-refractivity contribution in [2.45, 2.75) is 20.3 Å². The number of nitrogens with one attached hydrogen (secondary N) is 2. The quantitative estimate of drug-likeness (QED) is 0.787. The van der Waals surface area contributed by atoms with Crippen LogP contribution in [-0.4, -0.2) is 17.6 Å². The summed E-state index contributed by atoms with van der Waals surface area (Å²) in [4.78, 5) is 11.8. The molecule has 1 aromatic carbocycles. The van der Waals surface area contributed by atoms with E-state index < -0.39 is 0 Å². The number of hydrogen-bond donors (Lipinski definition) is 2. The molecule has 0 saturated heterocycles. The van der Waals surface area contributed by atoms with Crippen LogP contribution in [-0.2, 0) is 0 Å². The van der Waals surface area contributed by atoms with Crippen LogP contribution in [0.1, 0.15) is 30.8 Å². The summed E-state index contributed by atoms with van der Waals surface area (Å²) in [7, 11) is 0. The Morgan fingerprint density at radius 3 is 2.61 bits per heavy atom. The highest BCUT2D eigenvalue weighted by Crippen LogP contribution is 2.16.